The van der Waals surface area contributed by atoms with Gasteiger partial charge in [-0.3, -0.25) is 0 Å². The number of ether oxygens (including phenoxy) is 1. The van der Waals surface area contributed by atoms with Gasteiger partial charge in [-0.1, -0.05) is 48.5 Å². The molecule has 184 valence electrons. The Morgan fingerprint density at radius 1 is 0.972 bits per heavy atom. The molecule has 2 aromatic heterocycles. The monoisotopic (exact) mass is 501 g/mol. The van der Waals surface area contributed by atoms with Crippen molar-refractivity contribution in [3.8, 4) is 28.3 Å². The summed E-state index contributed by atoms with van der Waals surface area (Å²) < 4.78 is 34.7. The predicted octanol–water partition coefficient (Wildman–Crippen LogP) is 4.79. The van der Waals surface area contributed by atoms with Crippen LogP contribution in [0.2, 0.25) is 0 Å². The van der Waals surface area contributed by atoms with E-state index < -0.39 is 15.3 Å². The van der Waals surface area contributed by atoms with Crippen LogP contribution in [0, 0.1) is 0 Å². The van der Waals surface area contributed by atoms with E-state index in [9.17, 15) is 8.42 Å². The lowest BCUT2D eigenvalue weighted by Crippen LogP contribution is -2.23. The summed E-state index contributed by atoms with van der Waals surface area (Å²) >= 11 is 0. The number of anilines is 1. The predicted molar refractivity (Wildman–Crippen MR) is 142 cm³/mol. The molecule has 0 saturated carbocycles. The maximum absolute atomic E-state index is 13.1. The molecular weight excluding hydrogens is 474 g/mol. The van der Waals surface area contributed by atoms with E-state index in [4.69, 9.17) is 15.5 Å². The molecule has 5 aromatic rings. The van der Waals surface area contributed by atoms with Crippen molar-refractivity contribution >= 4 is 27.0 Å². The third-order valence-corrected chi connectivity index (χ3v) is 8.24. The molecule has 0 aliphatic carbocycles. The standard InChI is InChI=1S/C27H27N5O3S/c1-18(2)36(33,34)32-24-15-21(11-14-23(24)30-27(32)28)26-25(20-7-5-4-6-8-20)29-17-31(26)16-19-9-12-22(35-3)13-10-19/h4-15,17-18H,16H2,1-3H3,(H2,28,30). The van der Waals surface area contributed by atoms with Gasteiger partial charge >= 0.3 is 0 Å². The van der Waals surface area contributed by atoms with Crippen LogP contribution in [0.1, 0.15) is 19.4 Å². The Morgan fingerprint density at radius 3 is 2.36 bits per heavy atom. The first-order valence-electron chi connectivity index (χ1n) is 11.6. The highest BCUT2D eigenvalue weighted by Gasteiger charge is 2.25. The summed E-state index contributed by atoms with van der Waals surface area (Å²) in [6, 6.07) is 23.3. The number of aromatic nitrogens is 4. The number of methoxy groups -OCH3 is 1. The van der Waals surface area contributed by atoms with Gasteiger partial charge in [0.2, 0.25) is 16.0 Å². The molecule has 2 heterocycles. The Morgan fingerprint density at radius 2 is 1.69 bits per heavy atom. The number of rotatable bonds is 7. The molecule has 0 aliphatic heterocycles. The topological polar surface area (TPSA) is 105 Å². The van der Waals surface area contributed by atoms with E-state index in [1.807, 2.05) is 73.1 Å². The lowest BCUT2D eigenvalue weighted by atomic mass is 10.0. The molecule has 8 nitrogen and oxygen atoms in total. The van der Waals surface area contributed by atoms with Crippen molar-refractivity contribution < 1.29 is 13.2 Å². The lowest BCUT2D eigenvalue weighted by molar-refractivity contribution is 0.414. The Kier molecular flexibility index (Phi) is 6.01. The minimum atomic E-state index is -3.71. The first kappa shape index (κ1) is 23.6. The second-order valence-corrected chi connectivity index (χ2v) is 11.2. The van der Waals surface area contributed by atoms with E-state index in [-0.39, 0.29) is 5.95 Å². The smallest absolute Gasteiger partial charge is 0.244 e. The number of hydrogen-bond donors (Lipinski definition) is 1. The van der Waals surface area contributed by atoms with Crippen LogP contribution >= 0.6 is 0 Å². The molecule has 36 heavy (non-hydrogen) atoms. The van der Waals surface area contributed by atoms with E-state index in [0.717, 1.165) is 37.8 Å². The zero-order chi connectivity index (χ0) is 25.4. The van der Waals surface area contributed by atoms with Gasteiger partial charge in [-0.05, 0) is 43.7 Å². The normalized spacial score (nSPS) is 11.9. The maximum Gasteiger partial charge on any atom is 0.244 e. The summed E-state index contributed by atoms with van der Waals surface area (Å²) in [5, 5.41) is -0.652. The van der Waals surface area contributed by atoms with Crippen molar-refractivity contribution in [1.82, 2.24) is 18.5 Å². The van der Waals surface area contributed by atoms with Gasteiger partial charge in [-0.2, -0.15) is 0 Å². The number of nitrogens with two attached hydrogens (primary N) is 1. The van der Waals surface area contributed by atoms with Gasteiger partial charge in [0.1, 0.15) is 5.75 Å². The van der Waals surface area contributed by atoms with Gasteiger partial charge in [-0.15, -0.1) is 0 Å². The second kappa shape index (κ2) is 9.16. The van der Waals surface area contributed by atoms with Crippen LogP contribution in [0.5, 0.6) is 5.75 Å². The van der Waals surface area contributed by atoms with E-state index in [2.05, 4.69) is 9.55 Å². The molecule has 2 N–H and O–H groups in total. The minimum Gasteiger partial charge on any atom is -0.497 e. The SMILES string of the molecule is COc1ccc(Cn2cnc(-c3ccccc3)c2-c2ccc3nc(N)n(S(=O)(=O)C(C)C)c3c2)cc1. The molecule has 0 aliphatic rings. The summed E-state index contributed by atoms with van der Waals surface area (Å²) in [6.07, 6.45) is 1.81. The highest BCUT2D eigenvalue weighted by Crippen LogP contribution is 2.34. The molecule has 3 aromatic carbocycles. The Balaban J connectivity index is 1.70. The van der Waals surface area contributed by atoms with Gasteiger partial charge in [0.15, 0.2) is 0 Å². The molecule has 9 heteroatoms. The average Bonchev–Trinajstić information content (AvgIpc) is 3.44. The molecule has 0 unspecified atom stereocenters. The zero-order valence-corrected chi connectivity index (χ0v) is 21.1. The molecule has 0 bridgehead atoms. The van der Waals surface area contributed by atoms with Crippen molar-refractivity contribution in [2.24, 2.45) is 0 Å². The van der Waals surface area contributed by atoms with Gasteiger partial charge in [0.25, 0.3) is 0 Å². The highest BCUT2D eigenvalue weighted by atomic mass is 32.2. The van der Waals surface area contributed by atoms with Crippen LogP contribution in [0.25, 0.3) is 33.5 Å². The van der Waals surface area contributed by atoms with Crippen molar-refractivity contribution in [2.45, 2.75) is 25.6 Å². The van der Waals surface area contributed by atoms with Crippen LogP contribution in [0.15, 0.2) is 79.1 Å². The fourth-order valence-corrected chi connectivity index (χ4v) is 5.38. The summed E-state index contributed by atoms with van der Waals surface area (Å²) in [5.74, 6) is 0.739. The molecule has 0 atom stereocenters. The first-order valence-corrected chi connectivity index (χ1v) is 13.1. The quantitative estimate of drug-likeness (QED) is 0.344. The van der Waals surface area contributed by atoms with Crippen LogP contribution < -0.4 is 10.5 Å². The summed E-state index contributed by atoms with van der Waals surface area (Å²) in [4.78, 5) is 9.05. The van der Waals surface area contributed by atoms with Crippen molar-refractivity contribution in [1.29, 1.82) is 0 Å². The number of imidazole rings is 2. The number of nitrogen functional groups attached to an aromatic ring is 1. The number of benzene rings is 3. The molecule has 0 fully saturated rings. The highest BCUT2D eigenvalue weighted by molar-refractivity contribution is 7.90. The van der Waals surface area contributed by atoms with Crippen LogP contribution in [-0.2, 0) is 16.6 Å². The zero-order valence-electron chi connectivity index (χ0n) is 20.3. The Hall–Kier alpha value is -4.11. The summed E-state index contributed by atoms with van der Waals surface area (Å²) in [5.41, 5.74) is 11.5. The van der Waals surface area contributed by atoms with Crippen LogP contribution in [-0.4, -0.2) is 39.3 Å². The van der Waals surface area contributed by atoms with E-state index in [0.29, 0.717) is 17.6 Å². The summed E-state index contributed by atoms with van der Waals surface area (Å²) in [7, 11) is -2.07. The number of hydrogen-bond acceptors (Lipinski definition) is 6. The van der Waals surface area contributed by atoms with Gasteiger partial charge < -0.3 is 15.0 Å². The van der Waals surface area contributed by atoms with Crippen molar-refractivity contribution in [3.63, 3.8) is 0 Å². The lowest BCUT2D eigenvalue weighted by Gasteiger charge is -2.13. The molecule has 0 amide bonds. The van der Waals surface area contributed by atoms with Crippen LogP contribution in [0.4, 0.5) is 5.95 Å². The molecule has 5 rings (SSSR count). The third-order valence-electron chi connectivity index (χ3n) is 6.16. The minimum absolute atomic E-state index is 0.0501. The maximum atomic E-state index is 13.1. The van der Waals surface area contributed by atoms with Gasteiger partial charge in [0, 0.05) is 17.7 Å². The summed E-state index contributed by atoms with van der Waals surface area (Å²) in [6.45, 7) is 3.83. The van der Waals surface area contributed by atoms with Gasteiger partial charge in [0.05, 0.1) is 41.1 Å². The second-order valence-electron chi connectivity index (χ2n) is 8.82. The van der Waals surface area contributed by atoms with Crippen molar-refractivity contribution in [3.05, 3.63) is 84.7 Å². The molecule has 0 radical (unpaired) electrons. The largest absolute Gasteiger partial charge is 0.497 e. The average molecular weight is 502 g/mol. The van der Waals surface area contributed by atoms with Crippen LogP contribution in [0.3, 0.4) is 0 Å². The third kappa shape index (κ3) is 4.11. The number of nitrogens with zero attached hydrogens (tertiary/aromatic N) is 4. The van der Waals surface area contributed by atoms with E-state index in [1.54, 1.807) is 27.0 Å². The van der Waals surface area contributed by atoms with E-state index >= 15 is 0 Å². The molecular formula is C27H27N5O3S. The Bertz CT molecular complexity index is 1640. The fourth-order valence-electron chi connectivity index (χ4n) is 4.24. The van der Waals surface area contributed by atoms with Gasteiger partial charge in [-0.25, -0.2) is 22.4 Å². The van der Waals surface area contributed by atoms with E-state index in [1.165, 1.54) is 0 Å². The molecule has 0 spiro atoms. The first-order chi connectivity index (χ1) is 17.3. The number of fused-ring (bicyclic) bond motifs is 1. The fraction of sp³-hybridized carbons (Fsp3) is 0.185. The molecule has 0 saturated heterocycles. The van der Waals surface area contributed by atoms with Crippen molar-refractivity contribution in [2.75, 3.05) is 12.8 Å². The Labute approximate surface area is 210 Å².